The van der Waals surface area contributed by atoms with Crippen molar-refractivity contribution in [2.45, 2.75) is 6.42 Å². The molecule has 0 amide bonds. The maximum atomic E-state index is 12.0. The molecule has 1 aliphatic heterocycles. The van der Waals surface area contributed by atoms with Crippen molar-refractivity contribution in [1.82, 2.24) is 4.98 Å². The van der Waals surface area contributed by atoms with E-state index in [2.05, 4.69) is 4.98 Å². The number of ether oxygens (including phenoxy) is 2. The summed E-state index contributed by atoms with van der Waals surface area (Å²) in [6.45, 7) is 1.76. The van der Waals surface area contributed by atoms with Gasteiger partial charge in [0, 0.05) is 17.9 Å². The first-order valence-corrected chi connectivity index (χ1v) is 6.92. The Morgan fingerprint density at radius 3 is 3.10 bits per heavy atom. The highest BCUT2D eigenvalue weighted by molar-refractivity contribution is 6.34. The van der Waals surface area contributed by atoms with Crippen LogP contribution in [0, 0.1) is 5.92 Å². The summed E-state index contributed by atoms with van der Waals surface area (Å²) in [5, 5.41) is 2.03. The summed E-state index contributed by atoms with van der Waals surface area (Å²) in [6.07, 6.45) is 0.930. The van der Waals surface area contributed by atoms with Crippen molar-refractivity contribution in [3.8, 4) is 0 Å². The molecule has 0 N–H and O–H groups in total. The zero-order valence-electron chi connectivity index (χ0n) is 10.8. The van der Waals surface area contributed by atoms with Gasteiger partial charge in [0.15, 0.2) is 5.69 Å². The predicted octanol–water partition coefficient (Wildman–Crippen LogP) is 3.08. The van der Waals surface area contributed by atoms with Crippen molar-refractivity contribution in [2.24, 2.45) is 5.92 Å². The number of pyridine rings is 1. The lowest BCUT2D eigenvalue weighted by Crippen LogP contribution is -2.15. The van der Waals surface area contributed by atoms with Gasteiger partial charge in [-0.3, -0.25) is 0 Å². The van der Waals surface area contributed by atoms with E-state index in [0.29, 0.717) is 18.4 Å². The number of carbonyl (C=O) groups excluding carboxylic acids is 1. The molecule has 2 heterocycles. The van der Waals surface area contributed by atoms with Gasteiger partial charge in [-0.25, -0.2) is 9.78 Å². The Balaban J connectivity index is 1.77. The molecule has 20 heavy (non-hydrogen) atoms. The first kappa shape index (κ1) is 13.3. The minimum atomic E-state index is -0.440. The van der Waals surface area contributed by atoms with Gasteiger partial charge >= 0.3 is 5.97 Å². The Morgan fingerprint density at radius 1 is 1.45 bits per heavy atom. The predicted molar refractivity (Wildman–Crippen MR) is 76.0 cm³/mol. The molecule has 1 aliphatic rings. The summed E-state index contributed by atoms with van der Waals surface area (Å²) < 4.78 is 10.5. The molecule has 1 fully saturated rings. The molecular formula is C15H14ClNO3. The van der Waals surface area contributed by atoms with Gasteiger partial charge in [0.05, 0.1) is 13.2 Å². The molecule has 3 rings (SSSR count). The van der Waals surface area contributed by atoms with Gasteiger partial charge in [-0.15, -0.1) is 0 Å². The van der Waals surface area contributed by atoms with Crippen molar-refractivity contribution >= 4 is 28.3 Å². The van der Waals surface area contributed by atoms with Crippen molar-refractivity contribution in [3.05, 3.63) is 41.2 Å². The van der Waals surface area contributed by atoms with Gasteiger partial charge in [0.1, 0.15) is 5.15 Å². The van der Waals surface area contributed by atoms with Gasteiger partial charge < -0.3 is 9.47 Å². The van der Waals surface area contributed by atoms with Crippen LogP contribution in [-0.2, 0) is 9.47 Å². The van der Waals surface area contributed by atoms with E-state index in [1.165, 1.54) is 0 Å². The van der Waals surface area contributed by atoms with Gasteiger partial charge in [-0.1, -0.05) is 35.9 Å². The van der Waals surface area contributed by atoms with E-state index in [4.69, 9.17) is 21.1 Å². The lowest BCUT2D eigenvalue weighted by atomic mass is 10.1. The van der Waals surface area contributed by atoms with Crippen LogP contribution in [-0.4, -0.2) is 30.8 Å². The zero-order chi connectivity index (χ0) is 13.9. The third kappa shape index (κ3) is 2.76. The second-order valence-corrected chi connectivity index (χ2v) is 5.21. The lowest BCUT2D eigenvalue weighted by molar-refractivity contribution is 0.0421. The third-order valence-electron chi connectivity index (χ3n) is 3.38. The second-order valence-electron chi connectivity index (χ2n) is 4.85. The minimum Gasteiger partial charge on any atom is -0.461 e. The first-order valence-electron chi connectivity index (χ1n) is 6.54. The van der Waals surface area contributed by atoms with Crippen LogP contribution in [0.25, 0.3) is 10.8 Å². The fourth-order valence-electron chi connectivity index (χ4n) is 2.24. The second kappa shape index (κ2) is 5.77. The summed E-state index contributed by atoms with van der Waals surface area (Å²) in [5.74, 6) is -0.153. The van der Waals surface area contributed by atoms with Crippen molar-refractivity contribution in [2.75, 3.05) is 19.8 Å². The van der Waals surface area contributed by atoms with Gasteiger partial charge in [0.25, 0.3) is 0 Å². The Hall–Kier alpha value is -1.65. The van der Waals surface area contributed by atoms with Crippen LogP contribution in [0.2, 0.25) is 5.15 Å². The summed E-state index contributed by atoms with van der Waals surface area (Å²) in [5.41, 5.74) is 0.243. The smallest absolute Gasteiger partial charge is 0.357 e. The number of esters is 1. The number of benzene rings is 1. The molecule has 104 valence electrons. The van der Waals surface area contributed by atoms with E-state index in [9.17, 15) is 4.79 Å². The maximum absolute atomic E-state index is 12.0. The number of rotatable bonds is 3. The van der Waals surface area contributed by atoms with Crippen molar-refractivity contribution in [1.29, 1.82) is 0 Å². The third-order valence-corrected chi connectivity index (χ3v) is 3.67. The topological polar surface area (TPSA) is 48.4 Å². The number of hydrogen-bond donors (Lipinski definition) is 0. The number of halogens is 1. The van der Waals surface area contributed by atoms with E-state index in [0.717, 1.165) is 23.8 Å². The highest BCUT2D eigenvalue weighted by Crippen LogP contribution is 2.23. The monoisotopic (exact) mass is 291 g/mol. The average molecular weight is 292 g/mol. The summed E-state index contributed by atoms with van der Waals surface area (Å²) >= 11 is 6.09. The standard InChI is InChI=1S/C15H14ClNO3/c16-14-12-4-2-1-3-11(12)7-13(17-14)15(18)20-9-10-5-6-19-8-10/h1-4,7,10H,5-6,8-9H2. The van der Waals surface area contributed by atoms with Crippen LogP contribution >= 0.6 is 11.6 Å². The highest BCUT2D eigenvalue weighted by Gasteiger charge is 2.19. The average Bonchev–Trinajstić information content (AvgIpc) is 2.98. The minimum absolute atomic E-state index is 0.243. The molecular weight excluding hydrogens is 278 g/mol. The van der Waals surface area contributed by atoms with Crippen molar-refractivity contribution < 1.29 is 14.3 Å². The van der Waals surface area contributed by atoms with Crippen LogP contribution in [0.3, 0.4) is 0 Å². The Morgan fingerprint density at radius 2 is 2.30 bits per heavy atom. The fraction of sp³-hybridized carbons (Fsp3) is 0.333. The summed E-state index contributed by atoms with van der Waals surface area (Å²) in [6, 6.07) is 9.24. The first-order chi connectivity index (χ1) is 9.74. The number of carbonyl (C=O) groups is 1. The molecule has 1 saturated heterocycles. The normalized spacial score (nSPS) is 18.4. The summed E-state index contributed by atoms with van der Waals surface area (Å²) in [4.78, 5) is 16.1. The van der Waals surface area contributed by atoms with E-state index < -0.39 is 5.97 Å². The van der Waals surface area contributed by atoms with Crippen LogP contribution in [0.15, 0.2) is 30.3 Å². The molecule has 1 atom stereocenters. The molecule has 2 aromatic rings. The molecule has 0 bridgehead atoms. The fourth-order valence-corrected chi connectivity index (χ4v) is 2.51. The molecule has 0 aliphatic carbocycles. The Labute approximate surface area is 121 Å². The Bertz CT molecular complexity index is 638. The van der Waals surface area contributed by atoms with Gasteiger partial charge in [-0.2, -0.15) is 0 Å². The SMILES string of the molecule is O=C(OCC1CCOC1)c1cc2ccccc2c(Cl)n1. The van der Waals surface area contributed by atoms with E-state index in [1.54, 1.807) is 6.07 Å². The van der Waals surface area contributed by atoms with Crippen LogP contribution in [0.4, 0.5) is 0 Å². The van der Waals surface area contributed by atoms with E-state index >= 15 is 0 Å². The number of hydrogen-bond acceptors (Lipinski definition) is 4. The molecule has 1 aromatic heterocycles. The quantitative estimate of drug-likeness (QED) is 0.644. The molecule has 0 spiro atoms. The number of aromatic nitrogens is 1. The molecule has 5 heteroatoms. The van der Waals surface area contributed by atoms with Crippen LogP contribution in [0.5, 0.6) is 0 Å². The van der Waals surface area contributed by atoms with Crippen LogP contribution < -0.4 is 0 Å². The molecule has 0 radical (unpaired) electrons. The van der Waals surface area contributed by atoms with Crippen LogP contribution in [0.1, 0.15) is 16.9 Å². The molecule has 1 aromatic carbocycles. The van der Waals surface area contributed by atoms with E-state index in [1.807, 2.05) is 24.3 Å². The van der Waals surface area contributed by atoms with Gasteiger partial charge in [0.2, 0.25) is 0 Å². The zero-order valence-corrected chi connectivity index (χ0v) is 11.6. The van der Waals surface area contributed by atoms with Gasteiger partial charge in [-0.05, 0) is 17.9 Å². The summed E-state index contributed by atoms with van der Waals surface area (Å²) in [7, 11) is 0. The largest absolute Gasteiger partial charge is 0.461 e. The van der Waals surface area contributed by atoms with Crippen molar-refractivity contribution in [3.63, 3.8) is 0 Å². The molecule has 4 nitrogen and oxygen atoms in total. The molecule has 0 saturated carbocycles. The number of nitrogens with zero attached hydrogens (tertiary/aromatic N) is 1. The lowest BCUT2D eigenvalue weighted by Gasteiger charge is -2.09. The maximum Gasteiger partial charge on any atom is 0.357 e. The highest BCUT2D eigenvalue weighted by atomic mass is 35.5. The number of fused-ring (bicyclic) bond motifs is 1. The Kier molecular flexibility index (Phi) is 3.85. The van der Waals surface area contributed by atoms with E-state index in [-0.39, 0.29) is 11.6 Å². The molecule has 1 unspecified atom stereocenters.